The topological polar surface area (TPSA) is 113 Å². The monoisotopic (exact) mass is 531 g/mol. The lowest BCUT2D eigenvalue weighted by Gasteiger charge is -2.35. The first-order valence-corrected chi connectivity index (χ1v) is 13.2. The van der Waals surface area contributed by atoms with Crippen molar-refractivity contribution in [3.8, 4) is 11.3 Å². The number of carbonyl (C=O) groups excluding carboxylic acids is 2. The normalized spacial score (nSPS) is 14.0. The van der Waals surface area contributed by atoms with Gasteiger partial charge in [-0.25, -0.2) is 24.7 Å². The first-order valence-electron chi connectivity index (χ1n) is 12.3. The predicted molar refractivity (Wildman–Crippen MR) is 147 cm³/mol. The lowest BCUT2D eigenvalue weighted by molar-refractivity contribution is 0.0141. The molecular weight excluding hydrogens is 502 g/mol. The summed E-state index contributed by atoms with van der Waals surface area (Å²) in [5.41, 5.74) is 5.50. The lowest BCUT2D eigenvalue weighted by Crippen LogP contribution is -2.51. The number of benzene rings is 1. The number of fused-ring (bicyclic) bond motifs is 1. The summed E-state index contributed by atoms with van der Waals surface area (Å²) in [5.74, 6) is 0.823. The second-order valence-electron chi connectivity index (χ2n) is 10.1. The number of pyridine rings is 1. The molecule has 0 spiro atoms. The van der Waals surface area contributed by atoms with Crippen molar-refractivity contribution in [2.45, 2.75) is 33.3 Å². The van der Waals surface area contributed by atoms with Gasteiger partial charge in [0.2, 0.25) is 5.95 Å². The number of nitrogens with one attached hydrogen (secondary N) is 1. The molecule has 4 heterocycles. The molecule has 5 rings (SSSR count). The number of rotatable bonds is 4. The van der Waals surface area contributed by atoms with E-state index in [1.165, 1.54) is 6.20 Å². The number of carbonyl (C=O) groups is 2. The van der Waals surface area contributed by atoms with E-state index in [9.17, 15) is 9.59 Å². The maximum Gasteiger partial charge on any atom is 0.410 e. The van der Waals surface area contributed by atoms with E-state index in [0.717, 1.165) is 27.0 Å². The fourth-order valence-electron chi connectivity index (χ4n) is 4.11. The Morgan fingerprint density at radius 2 is 1.74 bits per heavy atom. The average Bonchev–Trinajstić information content (AvgIpc) is 3.37. The van der Waals surface area contributed by atoms with E-state index in [0.29, 0.717) is 43.5 Å². The average molecular weight is 532 g/mol. The molecule has 1 aromatic carbocycles. The molecule has 0 bridgehead atoms. The molecule has 0 radical (unpaired) electrons. The highest BCUT2D eigenvalue weighted by molar-refractivity contribution is 7.16. The van der Waals surface area contributed by atoms with Crippen LogP contribution in [0.1, 0.15) is 36.7 Å². The molecule has 1 aliphatic heterocycles. The Kier molecular flexibility index (Phi) is 6.94. The third-order valence-corrected chi connectivity index (χ3v) is 6.84. The van der Waals surface area contributed by atoms with E-state index in [2.05, 4.69) is 26.3 Å². The van der Waals surface area contributed by atoms with E-state index >= 15 is 0 Å². The van der Waals surface area contributed by atoms with Crippen molar-refractivity contribution in [3.05, 3.63) is 59.4 Å². The van der Waals surface area contributed by atoms with E-state index in [4.69, 9.17) is 9.72 Å². The molecule has 0 saturated carbocycles. The number of aryl methyl sites for hydroxylation is 1. The number of piperazine rings is 1. The minimum absolute atomic E-state index is 0.125. The Morgan fingerprint density at radius 3 is 2.45 bits per heavy atom. The van der Waals surface area contributed by atoms with Crippen LogP contribution in [0.2, 0.25) is 0 Å². The molecule has 3 aromatic heterocycles. The first-order chi connectivity index (χ1) is 18.2. The number of hydrogen-bond donors (Lipinski definition) is 1. The number of aromatic nitrogens is 4. The van der Waals surface area contributed by atoms with Crippen LogP contribution in [0, 0.1) is 6.92 Å². The second-order valence-corrected chi connectivity index (χ2v) is 11.0. The van der Waals surface area contributed by atoms with Crippen molar-refractivity contribution in [1.82, 2.24) is 29.7 Å². The predicted octanol–water partition coefficient (Wildman–Crippen LogP) is 4.89. The highest BCUT2D eigenvalue weighted by Crippen LogP contribution is 2.28. The van der Waals surface area contributed by atoms with E-state index < -0.39 is 5.60 Å². The molecule has 4 aromatic rings. The molecule has 2 amide bonds. The fourth-order valence-corrected chi connectivity index (χ4v) is 4.82. The van der Waals surface area contributed by atoms with Crippen molar-refractivity contribution in [2.75, 3.05) is 31.5 Å². The van der Waals surface area contributed by atoms with Gasteiger partial charge in [0, 0.05) is 44.1 Å². The number of anilines is 2. The van der Waals surface area contributed by atoms with Crippen LogP contribution < -0.4 is 5.32 Å². The molecule has 1 aliphatic rings. The quantitative estimate of drug-likeness (QED) is 0.396. The highest BCUT2D eigenvalue weighted by atomic mass is 32.1. The summed E-state index contributed by atoms with van der Waals surface area (Å²) >= 11 is 1.59. The number of hydrogen-bond acceptors (Lipinski definition) is 9. The zero-order chi connectivity index (χ0) is 26.9. The number of thiazole rings is 1. The maximum atomic E-state index is 13.0. The first kappa shape index (κ1) is 25.5. The van der Waals surface area contributed by atoms with Crippen molar-refractivity contribution in [2.24, 2.45) is 0 Å². The van der Waals surface area contributed by atoms with Gasteiger partial charge in [-0.15, -0.1) is 11.3 Å². The summed E-state index contributed by atoms with van der Waals surface area (Å²) in [4.78, 5) is 46.5. The highest BCUT2D eigenvalue weighted by Gasteiger charge is 2.28. The molecular formula is C27H29N7O3S. The Balaban J connectivity index is 1.22. The minimum Gasteiger partial charge on any atom is -0.444 e. The van der Waals surface area contributed by atoms with Gasteiger partial charge in [-0.1, -0.05) is 6.07 Å². The van der Waals surface area contributed by atoms with Crippen LogP contribution in [0.4, 0.5) is 16.6 Å². The number of ether oxygens (including phenoxy) is 1. The molecule has 1 N–H and O–H groups in total. The third-order valence-electron chi connectivity index (χ3n) is 6.05. The summed E-state index contributed by atoms with van der Waals surface area (Å²) in [7, 11) is 0. The molecule has 1 saturated heterocycles. The molecule has 1 fully saturated rings. The van der Waals surface area contributed by atoms with E-state index in [1.54, 1.807) is 39.5 Å². The van der Waals surface area contributed by atoms with Crippen molar-refractivity contribution in [1.29, 1.82) is 0 Å². The van der Waals surface area contributed by atoms with Crippen LogP contribution in [0.15, 0.2) is 48.2 Å². The molecule has 0 unspecified atom stereocenters. The van der Waals surface area contributed by atoms with Gasteiger partial charge in [-0.05, 0) is 57.5 Å². The summed E-state index contributed by atoms with van der Waals surface area (Å²) in [5, 5.41) is 3.13. The van der Waals surface area contributed by atoms with E-state index in [-0.39, 0.29) is 12.0 Å². The van der Waals surface area contributed by atoms with Crippen molar-refractivity contribution in [3.63, 3.8) is 0 Å². The summed E-state index contributed by atoms with van der Waals surface area (Å²) in [6, 6.07) is 9.54. The van der Waals surface area contributed by atoms with E-state index in [1.807, 2.05) is 45.3 Å². The van der Waals surface area contributed by atoms with Gasteiger partial charge in [0.05, 0.1) is 27.0 Å². The minimum atomic E-state index is -0.549. The zero-order valence-electron chi connectivity index (χ0n) is 21.8. The van der Waals surface area contributed by atoms with Crippen LogP contribution in [0.25, 0.3) is 21.5 Å². The van der Waals surface area contributed by atoms with Crippen LogP contribution in [-0.2, 0) is 4.74 Å². The summed E-state index contributed by atoms with van der Waals surface area (Å²) in [6.07, 6.45) is 2.96. The standard InChI is InChI=1S/C27H29N7O3S/c1-17-14-29-25(32-23(17)18-5-7-20-21(13-18)38-16-30-20)31-22-8-6-19(15-28-22)24(35)33-9-11-34(12-10-33)26(36)37-27(2,3)4/h5-8,13-16H,9-12H2,1-4H3,(H,28,29,31,32). The Hall–Kier alpha value is -4.12. The maximum absolute atomic E-state index is 13.0. The van der Waals surface area contributed by atoms with Gasteiger partial charge in [0.25, 0.3) is 5.91 Å². The van der Waals surface area contributed by atoms with Gasteiger partial charge >= 0.3 is 6.09 Å². The SMILES string of the molecule is Cc1cnc(Nc2ccc(C(=O)N3CCN(C(=O)OC(C)(C)C)CC3)cn2)nc1-c1ccc2ncsc2c1. The Morgan fingerprint density at radius 1 is 0.974 bits per heavy atom. The van der Waals surface area contributed by atoms with Crippen LogP contribution in [0.3, 0.4) is 0 Å². The van der Waals surface area contributed by atoms with Gasteiger partial charge < -0.3 is 19.9 Å². The van der Waals surface area contributed by atoms with Gasteiger partial charge in [0.1, 0.15) is 11.4 Å². The zero-order valence-corrected chi connectivity index (χ0v) is 22.6. The molecule has 10 nitrogen and oxygen atoms in total. The lowest BCUT2D eigenvalue weighted by atomic mass is 10.1. The number of nitrogens with zero attached hydrogens (tertiary/aromatic N) is 6. The van der Waals surface area contributed by atoms with Crippen LogP contribution in [-0.4, -0.2) is 73.5 Å². The Bertz CT molecular complexity index is 1470. The Labute approximate surface area is 224 Å². The molecule has 11 heteroatoms. The summed E-state index contributed by atoms with van der Waals surface area (Å²) in [6.45, 7) is 9.21. The van der Waals surface area contributed by atoms with Gasteiger partial charge in [0.15, 0.2) is 0 Å². The second kappa shape index (κ2) is 10.3. The summed E-state index contributed by atoms with van der Waals surface area (Å²) < 4.78 is 6.53. The van der Waals surface area contributed by atoms with Crippen molar-refractivity contribution < 1.29 is 14.3 Å². The van der Waals surface area contributed by atoms with Gasteiger partial charge in [-0.2, -0.15) is 0 Å². The van der Waals surface area contributed by atoms with Crippen LogP contribution >= 0.6 is 11.3 Å². The molecule has 0 atom stereocenters. The number of amides is 2. The smallest absolute Gasteiger partial charge is 0.410 e. The molecule has 196 valence electrons. The third kappa shape index (κ3) is 5.72. The van der Waals surface area contributed by atoms with Crippen molar-refractivity contribution >= 4 is 45.3 Å². The van der Waals surface area contributed by atoms with Gasteiger partial charge in [-0.3, -0.25) is 4.79 Å². The largest absolute Gasteiger partial charge is 0.444 e. The van der Waals surface area contributed by atoms with Crippen LogP contribution in [0.5, 0.6) is 0 Å². The fraction of sp³-hybridized carbons (Fsp3) is 0.333. The molecule has 0 aliphatic carbocycles. The molecule has 38 heavy (non-hydrogen) atoms.